The van der Waals surface area contributed by atoms with Crippen LogP contribution in [0.5, 0.6) is 5.75 Å². The summed E-state index contributed by atoms with van der Waals surface area (Å²) in [5.41, 5.74) is 0.279. The van der Waals surface area contributed by atoms with E-state index in [1.165, 1.54) is 13.2 Å². The Hall–Kier alpha value is -1.76. The van der Waals surface area contributed by atoms with E-state index in [9.17, 15) is 4.39 Å². The zero-order chi connectivity index (χ0) is 9.68. The molecule has 0 atom stereocenters. The molecule has 0 saturated heterocycles. The predicted molar refractivity (Wildman–Crippen MR) is 47.1 cm³/mol. The molecule has 1 aromatic rings. The number of ether oxygens (including phenoxy) is 1. The Balaban J connectivity index is 2.89. The molecule has 0 aliphatic carbocycles. The fourth-order valence-corrected chi connectivity index (χ4v) is 0.940. The van der Waals surface area contributed by atoms with Gasteiger partial charge in [-0.3, -0.25) is 0 Å². The van der Waals surface area contributed by atoms with Crippen LogP contribution < -0.4 is 10.1 Å². The van der Waals surface area contributed by atoms with Crippen LogP contribution in [-0.4, -0.2) is 13.7 Å². The predicted octanol–water partition coefficient (Wildman–Crippen LogP) is 1.77. The molecule has 0 fully saturated rings. The second-order valence-electron chi connectivity index (χ2n) is 2.33. The van der Waals surface area contributed by atoms with Crippen molar-refractivity contribution in [2.75, 3.05) is 19.0 Å². The summed E-state index contributed by atoms with van der Waals surface area (Å²) in [6.45, 7) is 0.0735. The molecular weight excluding hydrogens is 171 g/mol. The van der Waals surface area contributed by atoms with E-state index in [1.807, 2.05) is 6.07 Å². The minimum atomic E-state index is -0.472. The van der Waals surface area contributed by atoms with Crippen LogP contribution in [0.2, 0.25) is 0 Å². The summed E-state index contributed by atoms with van der Waals surface area (Å²) >= 11 is 0. The van der Waals surface area contributed by atoms with Crippen LogP contribution in [0.1, 0.15) is 0 Å². The summed E-state index contributed by atoms with van der Waals surface area (Å²) in [7, 11) is 1.40. The second-order valence-corrected chi connectivity index (χ2v) is 2.33. The maximum Gasteiger partial charge on any atom is 0.188 e. The minimum absolute atomic E-state index is 0.0735. The number of nitrogens with zero attached hydrogens (tertiary/aromatic N) is 1. The largest absolute Gasteiger partial charge is 0.494 e. The zero-order valence-electron chi connectivity index (χ0n) is 7.17. The van der Waals surface area contributed by atoms with Gasteiger partial charge in [-0.25, -0.2) is 4.39 Å². The van der Waals surface area contributed by atoms with Gasteiger partial charge >= 0.3 is 0 Å². The first kappa shape index (κ1) is 9.33. The first-order chi connectivity index (χ1) is 6.29. The van der Waals surface area contributed by atoms with Crippen molar-refractivity contribution in [3.05, 3.63) is 24.0 Å². The normalized spacial score (nSPS) is 9.00. The first-order valence-corrected chi connectivity index (χ1v) is 3.73. The molecule has 0 aliphatic rings. The summed E-state index contributed by atoms with van der Waals surface area (Å²) in [5, 5.41) is 10.9. The third kappa shape index (κ3) is 2.09. The number of benzene rings is 1. The van der Waals surface area contributed by atoms with Gasteiger partial charge in [0.2, 0.25) is 0 Å². The van der Waals surface area contributed by atoms with Gasteiger partial charge in [0.15, 0.2) is 11.6 Å². The van der Waals surface area contributed by atoms with Crippen molar-refractivity contribution in [3.63, 3.8) is 0 Å². The number of nitrogens with one attached hydrogen (secondary N) is 1. The van der Waals surface area contributed by atoms with Crippen LogP contribution in [0, 0.1) is 17.1 Å². The maximum absolute atomic E-state index is 13.3. The van der Waals surface area contributed by atoms with Gasteiger partial charge in [0.05, 0.1) is 18.9 Å². The minimum Gasteiger partial charge on any atom is -0.494 e. The fourth-order valence-electron chi connectivity index (χ4n) is 0.940. The summed E-state index contributed by atoms with van der Waals surface area (Å²) in [6, 6.07) is 6.59. The highest BCUT2D eigenvalue weighted by Crippen LogP contribution is 2.23. The Kier molecular flexibility index (Phi) is 3.09. The average Bonchev–Trinajstić information content (AvgIpc) is 2.16. The lowest BCUT2D eigenvalue weighted by atomic mass is 10.3. The molecule has 0 unspecified atom stereocenters. The molecular formula is C9H9FN2O. The van der Waals surface area contributed by atoms with Gasteiger partial charge in [-0.1, -0.05) is 6.07 Å². The Morgan fingerprint density at radius 1 is 1.62 bits per heavy atom. The summed E-state index contributed by atoms with van der Waals surface area (Å²) < 4.78 is 18.1. The molecule has 4 heteroatoms. The number of hydrogen-bond donors (Lipinski definition) is 1. The molecule has 0 aromatic heterocycles. The Labute approximate surface area is 75.7 Å². The Morgan fingerprint density at radius 2 is 2.38 bits per heavy atom. The number of halogens is 1. The van der Waals surface area contributed by atoms with E-state index in [4.69, 9.17) is 10.00 Å². The van der Waals surface area contributed by atoms with Crippen LogP contribution in [0.3, 0.4) is 0 Å². The Bertz CT molecular complexity index is 333. The van der Waals surface area contributed by atoms with E-state index in [2.05, 4.69) is 5.32 Å². The van der Waals surface area contributed by atoms with E-state index in [0.29, 0.717) is 0 Å². The van der Waals surface area contributed by atoms with Crippen molar-refractivity contribution in [1.29, 1.82) is 5.26 Å². The lowest BCUT2D eigenvalue weighted by Crippen LogP contribution is -2.01. The van der Waals surface area contributed by atoms with Crippen molar-refractivity contribution in [1.82, 2.24) is 0 Å². The van der Waals surface area contributed by atoms with E-state index in [1.54, 1.807) is 12.1 Å². The highest BCUT2D eigenvalue weighted by molar-refractivity contribution is 5.50. The van der Waals surface area contributed by atoms with E-state index >= 15 is 0 Å². The summed E-state index contributed by atoms with van der Waals surface area (Å²) in [4.78, 5) is 0. The fraction of sp³-hybridized carbons (Fsp3) is 0.222. The molecule has 3 nitrogen and oxygen atoms in total. The van der Waals surface area contributed by atoms with Gasteiger partial charge in [-0.2, -0.15) is 5.26 Å². The third-order valence-electron chi connectivity index (χ3n) is 1.54. The molecule has 1 N–H and O–H groups in total. The molecule has 0 heterocycles. The lowest BCUT2D eigenvalue weighted by Gasteiger charge is -2.06. The Morgan fingerprint density at radius 3 is 3.00 bits per heavy atom. The maximum atomic E-state index is 13.3. The van der Waals surface area contributed by atoms with Crippen molar-refractivity contribution >= 4 is 5.69 Å². The van der Waals surface area contributed by atoms with Crippen LogP contribution in [0.4, 0.5) is 10.1 Å². The molecule has 0 amide bonds. The number of rotatable bonds is 3. The van der Waals surface area contributed by atoms with Crippen molar-refractivity contribution in [3.8, 4) is 11.8 Å². The van der Waals surface area contributed by atoms with Gasteiger partial charge in [-0.05, 0) is 12.1 Å². The monoisotopic (exact) mass is 180 g/mol. The highest BCUT2D eigenvalue weighted by Gasteiger charge is 2.06. The summed E-state index contributed by atoms with van der Waals surface area (Å²) in [6.07, 6.45) is 0. The average molecular weight is 180 g/mol. The molecule has 68 valence electrons. The van der Waals surface area contributed by atoms with Gasteiger partial charge in [0, 0.05) is 0 Å². The van der Waals surface area contributed by atoms with Gasteiger partial charge in [0.25, 0.3) is 0 Å². The molecule has 0 radical (unpaired) electrons. The number of nitriles is 1. The molecule has 0 aliphatic heterocycles. The van der Waals surface area contributed by atoms with Crippen LogP contribution in [-0.2, 0) is 0 Å². The SMILES string of the molecule is COc1cccc(NCC#N)c1F. The van der Waals surface area contributed by atoms with E-state index < -0.39 is 5.82 Å². The van der Waals surface area contributed by atoms with Gasteiger partial charge < -0.3 is 10.1 Å². The van der Waals surface area contributed by atoms with Crippen LogP contribution >= 0.6 is 0 Å². The molecule has 0 spiro atoms. The number of hydrogen-bond acceptors (Lipinski definition) is 3. The smallest absolute Gasteiger partial charge is 0.188 e. The molecule has 0 bridgehead atoms. The quantitative estimate of drug-likeness (QED) is 0.721. The topological polar surface area (TPSA) is 45.0 Å². The number of methoxy groups -OCH3 is 1. The zero-order valence-corrected chi connectivity index (χ0v) is 7.17. The first-order valence-electron chi connectivity index (χ1n) is 3.73. The van der Waals surface area contributed by atoms with E-state index in [-0.39, 0.29) is 18.0 Å². The van der Waals surface area contributed by atoms with Gasteiger partial charge in [-0.15, -0.1) is 0 Å². The third-order valence-corrected chi connectivity index (χ3v) is 1.54. The van der Waals surface area contributed by atoms with Gasteiger partial charge in [0.1, 0.15) is 6.54 Å². The van der Waals surface area contributed by atoms with Crippen molar-refractivity contribution in [2.45, 2.75) is 0 Å². The molecule has 13 heavy (non-hydrogen) atoms. The lowest BCUT2D eigenvalue weighted by molar-refractivity contribution is 0.387. The highest BCUT2D eigenvalue weighted by atomic mass is 19.1. The van der Waals surface area contributed by atoms with Crippen LogP contribution in [0.25, 0.3) is 0 Å². The second kappa shape index (κ2) is 4.31. The van der Waals surface area contributed by atoms with E-state index in [0.717, 1.165) is 0 Å². The standard InChI is InChI=1S/C9H9FN2O/c1-13-8-4-2-3-7(9(8)10)12-6-5-11/h2-4,12H,6H2,1H3. The molecule has 1 rings (SSSR count). The number of anilines is 1. The summed E-state index contributed by atoms with van der Waals surface area (Å²) in [5.74, 6) is -0.303. The molecule has 1 aromatic carbocycles. The van der Waals surface area contributed by atoms with Crippen molar-refractivity contribution < 1.29 is 9.13 Å². The molecule has 0 saturated carbocycles. The van der Waals surface area contributed by atoms with Crippen LogP contribution in [0.15, 0.2) is 18.2 Å². The van der Waals surface area contributed by atoms with Crippen molar-refractivity contribution in [2.24, 2.45) is 0 Å².